The van der Waals surface area contributed by atoms with Crippen LogP contribution < -0.4 is 33.6 Å². The molecule has 48 heavy (non-hydrogen) atoms. The first-order chi connectivity index (χ1) is 22.0. The molecule has 2 aromatic rings. The average molecular weight is 670 g/mol. The molecule has 0 aliphatic carbocycles. The van der Waals surface area contributed by atoms with E-state index in [-0.39, 0.29) is 47.0 Å². The number of hydrogen-bond acceptors (Lipinski definition) is 7. The number of aromatic nitrogens is 1. The lowest BCUT2D eigenvalue weighted by Crippen LogP contribution is -2.49. The lowest BCUT2D eigenvalue weighted by molar-refractivity contribution is -0.154. The molecule has 2 atom stereocenters. The minimum absolute atomic E-state index is 0.0254. The minimum atomic E-state index is -1.03. The highest BCUT2D eigenvalue weighted by atomic mass is 16.5. The Morgan fingerprint density at radius 3 is 2.10 bits per heavy atom. The molecule has 12 N–H and O–H groups in total. The van der Waals surface area contributed by atoms with Crippen LogP contribution in [0.25, 0.3) is 10.9 Å². The number of ether oxygens (including phenoxy) is 1. The van der Waals surface area contributed by atoms with Crippen LogP contribution in [-0.4, -0.2) is 68.0 Å². The Hall–Kier alpha value is -3.64. The maximum atomic E-state index is 13.8. The number of hydrogen-bond donors (Lipinski definition) is 8. The molecule has 12 heteroatoms. The summed E-state index contributed by atoms with van der Waals surface area (Å²) in [6.07, 6.45) is 2.22. The van der Waals surface area contributed by atoms with Crippen molar-refractivity contribution in [2.75, 3.05) is 33.3 Å². The fraction of sp³-hybridized carbons (Fsp3) is 0.667. The van der Waals surface area contributed by atoms with Gasteiger partial charge in [-0.3, -0.25) is 20.0 Å². The van der Waals surface area contributed by atoms with Crippen LogP contribution in [0.2, 0.25) is 0 Å². The first-order valence-corrected chi connectivity index (χ1v) is 16.9. The van der Waals surface area contributed by atoms with Crippen molar-refractivity contribution >= 4 is 34.6 Å². The van der Waals surface area contributed by atoms with Crippen molar-refractivity contribution < 1.29 is 14.3 Å². The van der Waals surface area contributed by atoms with Crippen molar-refractivity contribution in [3.05, 3.63) is 34.5 Å². The molecule has 0 radical (unpaired) electrons. The van der Waals surface area contributed by atoms with Crippen molar-refractivity contribution in [3.8, 4) is 0 Å². The van der Waals surface area contributed by atoms with Gasteiger partial charge >= 0.3 is 5.97 Å². The molecule has 0 spiro atoms. The molecule has 1 amide bonds. The molecular formula is C36H63N9O3. The van der Waals surface area contributed by atoms with E-state index in [1.54, 1.807) is 0 Å². The van der Waals surface area contributed by atoms with E-state index < -0.39 is 17.4 Å². The van der Waals surface area contributed by atoms with E-state index >= 15 is 0 Å². The Morgan fingerprint density at radius 2 is 1.58 bits per heavy atom. The van der Waals surface area contributed by atoms with Crippen molar-refractivity contribution in [2.24, 2.45) is 33.3 Å². The highest BCUT2D eigenvalue weighted by molar-refractivity contribution is 5.92. The maximum absolute atomic E-state index is 13.8. The number of carbonyl (C=O) groups excluding carboxylic acids is 2. The molecule has 0 saturated carbocycles. The van der Waals surface area contributed by atoms with E-state index in [1.807, 2.05) is 0 Å². The molecule has 0 fully saturated rings. The van der Waals surface area contributed by atoms with Gasteiger partial charge in [0.25, 0.3) is 0 Å². The SMILES string of the molecule is COC(=O)C(CCCN=C(N)N)(CCCNCC(=N)N)CNC(=O)C(N)Cc1c(C(C)(C)C)[nH]c2cc(C(C)(C)C)cc(C(C)(C)C)c12. The Balaban J connectivity index is 2.46. The molecule has 12 nitrogen and oxygen atoms in total. The topological polar surface area (TPSA) is 224 Å². The molecule has 2 rings (SSSR count). The van der Waals surface area contributed by atoms with Gasteiger partial charge in [0.1, 0.15) is 5.84 Å². The fourth-order valence-corrected chi connectivity index (χ4v) is 6.16. The summed E-state index contributed by atoms with van der Waals surface area (Å²) in [5, 5.41) is 14.7. The van der Waals surface area contributed by atoms with Crippen LogP contribution in [0.4, 0.5) is 0 Å². The predicted octanol–water partition coefficient (Wildman–Crippen LogP) is 3.57. The zero-order valence-corrected chi connectivity index (χ0v) is 31.1. The molecule has 1 aromatic heterocycles. The highest BCUT2D eigenvalue weighted by Gasteiger charge is 2.40. The van der Waals surface area contributed by atoms with E-state index in [0.29, 0.717) is 45.2 Å². The van der Waals surface area contributed by atoms with Gasteiger partial charge in [-0.15, -0.1) is 0 Å². The normalized spacial score (nSPS) is 14.3. The minimum Gasteiger partial charge on any atom is -0.469 e. The van der Waals surface area contributed by atoms with E-state index in [2.05, 4.69) is 95.1 Å². The monoisotopic (exact) mass is 670 g/mol. The molecule has 1 aromatic carbocycles. The molecule has 270 valence electrons. The molecule has 2 unspecified atom stereocenters. The summed E-state index contributed by atoms with van der Waals surface area (Å²) in [6, 6.07) is 3.66. The summed E-state index contributed by atoms with van der Waals surface area (Å²) in [5.41, 5.74) is 27.3. The average Bonchev–Trinajstić information content (AvgIpc) is 3.33. The number of carbonyl (C=O) groups is 2. The number of benzene rings is 1. The second-order valence-electron chi connectivity index (χ2n) is 16.2. The standard InChI is InChI=1S/C36H63N9O3/c1-33(2,3)22-17-24(34(4,5)6)28-23(29(35(7,8)9)45-26(28)18-22)19-25(37)30(46)44-21-36(31(47)48-10,14-12-16-43-32(40)41)13-11-15-42-20-27(38)39/h17-18,25,42,45H,11-16,19-21,37H2,1-10H3,(H3,38,39)(H,44,46)(H4,40,41,43). The Kier molecular flexibility index (Phi) is 13.7. The zero-order valence-electron chi connectivity index (χ0n) is 31.1. The summed E-state index contributed by atoms with van der Waals surface area (Å²) in [7, 11) is 1.34. The maximum Gasteiger partial charge on any atom is 0.313 e. The third kappa shape index (κ3) is 10.9. The van der Waals surface area contributed by atoms with Crippen LogP contribution >= 0.6 is 0 Å². The quantitative estimate of drug-likeness (QED) is 0.0569. The molecule has 0 aliphatic heterocycles. The number of fused-ring (bicyclic) bond motifs is 1. The Labute approximate surface area is 287 Å². The number of nitrogens with two attached hydrogens (primary N) is 4. The lowest BCUT2D eigenvalue weighted by Gasteiger charge is -2.32. The van der Waals surface area contributed by atoms with E-state index in [4.69, 9.17) is 33.1 Å². The summed E-state index contributed by atoms with van der Waals surface area (Å²) >= 11 is 0. The number of aromatic amines is 1. The molecular weight excluding hydrogens is 606 g/mol. The molecule has 1 heterocycles. The van der Waals surface area contributed by atoms with Crippen molar-refractivity contribution in [1.82, 2.24) is 15.6 Å². The number of nitrogens with one attached hydrogen (secondary N) is 4. The number of nitrogens with zero attached hydrogens (tertiary/aromatic N) is 1. The van der Waals surface area contributed by atoms with Crippen LogP contribution in [0.3, 0.4) is 0 Å². The van der Waals surface area contributed by atoms with Crippen LogP contribution in [-0.2, 0) is 37.0 Å². The summed E-state index contributed by atoms with van der Waals surface area (Å²) in [6.45, 7) is 20.9. The van der Waals surface area contributed by atoms with Gasteiger partial charge in [0.2, 0.25) is 5.91 Å². The first kappa shape index (κ1) is 40.5. The molecule has 0 saturated heterocycles. The van der Waals surface area contributed by atoms with E-state index in [9.17, 15) is 9.59 Å². The number of amidine groups is 1. The van der Waals surface area contributed by atoms with E-state index in [1.165, 1.54) is 18.2 Å². The van der Waals surface area contributed by atoms with Gasteiger partial charge < -0.3 is 43.3 Å². The van der Waals surface area contributed by atoms with Crippen molar-refractivity contribution in [2.45, 2.75) is 117 Å². The Morgan fingerprint density at radius 1 is 0.958 bits per heavy atom. The smallest absolute Gasteiger partial charge is 0.313 e. The largest absolute Gasteiger partial charge is 0.469 e. The summed E-state index contributed by atoms with van der Waals surface area (Å²) < 4.78 is 5.26. The zero-order chi connectivity index (χ0) is 36.7. The van der Waals surface area contributed by atoms with Gasteiger partial charge in [-0.2, -0.15) is 0 Å². The van der Waals surface area contributed by atoms with Crippen LogP contribution in [0.1, 0.15) is 110 Å². The number of aliphatic imine (C=N–C) groups is 1. The van der Waals surface area contributed by atoms with Crippen molar-refractivity contribution in [1.29, 1.82) is 5.41 Å². The predicted molar refractivity (Wildman–Crippen MR) is 197 cm³/mol. The summed E-state index contributed by atoms with van der Waals surface area (Å²) in [4.78, 5) is 34.9. The summed E-state index contributed by atoms with van der Waals surface area (Å²) in [5.74, 6) is -0.770. The Bertz CT molecular complexity index is 1450. The number of amides is 1. The van der Waals surface area contributed by atoms with Crippen LogP contribution in [0.15, 0.2) is 17.1 Å². The van der Waals surface area contributed by atoms with Gasteiger partial charge in [0.05, 0.1) is 25.1 Å². The van der Waals surface area contributed by atoms with Gasteiger partial charge in [-0.25, -0.2) is 0 Å². The van der Waals surface area contributed by atoms with Gasteiger partial charge in [-0.05, 0) is 72.2 Å². The van der Waals surface area contributed by atoms with Gasteiger partial charge in [-0.1, -0.05) is 68.4 Å². The van der Waals surface area contributed by atoms with Gasteiger partial charge in [0, 0.05) is 35.1 Å². The highest BCUT2D eigenvalue weighted by Crippen LogP contribution is 2.41. The number of methoxy groups -OCH3 is 1. The first-order valence-electron chi connectivity index (χ1n) is 16.9. The molecule has 0 bridgehead atoms. The number of rotatable bonds is 16. The molecule has 0 aliphatic rings. The third-order valence-electron chi connectivity index (χ3n) is 8.84. The second kappa shape index (κ2) is 16.2. The fourth-order valence-electron chi connectivity index (χ4n) is 6.16. The van der Waals surface area contributed by atoms with Crippen LogP contribution in [0, 0.1) is 10.8 Å². The number of H-pyrrole nitrogens is 1. The number of guanidine groups is 1. The number of esters is 1. The van der Waals surface area contributed by atoms with E-state index in [0.717, 1.165) is 22.2 Å². The second-order valence-corrected chi connectivity index (χ2v) is 16.2. The van der Waals surface area contributed by atoms with Crippen molar-refractivity contribution in [3.63, 3.8) is 0 Å². The lowest BCUT2D eigenvalue weighted by atomic mass is 9.77. The third-order valence-corrected chi connectivity index (χ3v) is 8.84. The van der Waals surface area contributed by atoms with Gasteiger partial charge in [0.15, 0.2) is 5.96 Å². The van der Waals surface area contributed by atoms with Crippen LogP contribution in [0.5, 0.6) is 0 Å².